The number of hydrogen-bond acceptors (Lipinski definition) is 3. The number of nitrogens with zero attached hydrogens (tertiary/aromatic N) is 1. The zero-order valence-electron chi connectivity index (χ0n) is 12.9. The first-order valence-electron chi connectivity index (χ1n) is 7.25. The SMILES string of the molecule is Cc1noc(C)c1C(C)(C)C(=O)NC1CCC(F)(F)CC1. The third kappa shape index (κ3) is 3.24. The Balaban J connectivity index is 2.06. The normalized spacial score (nSPS) is 19.5. The van der Waals surface area contributed by atoms with E-state index in [-0.39, 0.29) is 24.8 Å². The van der Waals surface area contributed by atoms with Crippen molar-refractivity contribution in [1.29, 1.82) is 0 Å². The summed E-state index contributed by atoms with van der Waals surface area (Å²) < 4.78 is 31.4. The number of halogens is 2. The third-order valence-electron chi connectivity index (χ3n) is 4.28. The van der Waals surface area contributed by atoms with Gasteiger partial charge in [0.25, 0.3) is 0 Å². The van der Waals surface area contributed by atoms with Crippen LogP contribution in [0.3, 0.4) is 0 Å². The van der Waals surface area contributed by atoms with Crippen molar-refractivity contribution in [2.75, 3.05) is 0 Å². The molecule has 0 spiro atoms. The highest BCUT2D eigenvalue weighted by molar-refractivity contribution is 5.88. The van der Waals surface area contributed by atoms with E-state index in [9.17, 15) is 13.6 Å². The zero-order valence-corrected chi connectivity index (χ0v) is 12.9. The van der Waals surface area contributed by atoms with Crippen molar-refractivity contribution in [3.05, 3.63) is 17.0 Å². The summed E-state index contributed by atoms with van der Waals surface area (Å²) in [5, 5.41) is 6.77. The summed E-state index contributed by atoms with van der Waals surface area (Å²) in [6.07, 6.45) is 0.306. The van der Waals surface area contributed by atoms with Crippen LogP contribution in [0.4, 0.5) is 8.78 Å². The molecule has 118 valence electrons. The van der Waals surface area contributed by atoms with Gasteiger partial charge in [0.15, 0.2) is 0 Å². The number of nitrogens with one attached hydrogen (secondary N) is 1. The van der Waals surface area contributed by atoms with Gasteiger partial charge in [-0.1, -0.05) is 5.16 Å². The van der Waals surface area contributed by atoms with Crippen molar-refractivity contribution < 1.29 is 18.1 Å². The second-order valence-electron chi connectivity index (χ2n) is 6.43. The largest absolute Gasteiger partial charge is 0.361 e. The van der Waals surface area contributed by atoms with Crippen LogP contribution < -0.4 is 5.32 Å². The number of aryl methyl sites for hydroxylation is 2. The number of rotatable bonds is 3. The summed E-state index contributed by atoms with van der Waals surface area (Å²) in [7, 11) is 0. The Bertz CT molecular complexity index is 508. The van der Waals surface area contributed by atoms with E-state index in [1.807, 2.05) is 0 Å². The van der Waals surface area contributed by atoms with E-state index in [4.69, 9.17) is 4.52 Å². The third-order valence-corrected chi connectivity index (χ3v) is 4.28. The number of alkyl halides is 2. The van der Waals surface area contributed by atoms with Crippen LogP contribution >= 0.6 is 0 Å². The molecule has 6 heteroatoms. The number of aromatic nitrogens is 1. The van der Waals surface area contributed by atoms with Gasteiger partial charge < -0.3 is 9.84 Å². The van der Waals surface area contributed by atoms with Gasteiger partial charge in [0.05, 0.1) is 11.1 Å². The van der Waals surface area contributed by atoms with E-state index < -0.39 is 11.3 Å². The molecule has 21 heavy (non-hydrogen) atoms. The van der Waals surface area contributed by atoms with Crippen LogP contribution in [0.15, 0.2) is 4.52 Å². The lowest BCUT2D eigenvalue weighted by Crippen LogP contribution is -2.47. The fourth-order valence-corrected chi connectivity index (χ4v) is 3.04. The lowest BCUT2D eigenvalue weighted by atomic mass is 9.81. The number of carbonyl (C=O) groups excluding carboxylic acids is 1. The molecule has 1 fully saturated rings. The fourth-order valence-electron chi connectivity index (χ4n) is 3.04. The van der Waals surface area contributed by atoms with Crippen LogP contribution in [0.1, 0.15) is 56.5 Å². The highest BCUT2D eigenvalue weighted by Crippen LogP contribution is 2.34. The highest BCUT2D eigenvalue weighted by atomic mass is 19.3. The number of hydrogen-bond donors (Lipinski definition) is 1. The molecule has 4 nitrogen and oxygen atoms in total. The number of carbonyl (C=O) groups is 1. The molecule has 0 bridgehead atoms. The molecular weight excluding hydrogens is 278 g/mol. The molecule has 0 saturated heterocycles. The van der Waals surface area contributed by atoms with Gasteiger partial charge in [-0.2, -0.15) is 0 Å². The molecule has 0 radical (unpaired) electrons. The summed E-state index contributed by atoms with van der Waals surface area (Å²) in [5.74, 6) is -2.15. The Morgan fingerprint density at radius 3 is 2.38 bits per heavy atom. The number of amides is 1. The average Bonchev–Trinajstić information content (AvgIpc) is 2.72. The molecule has 0 atom stereocenters. The molecule has 1 aliphatic rings. The van der Waals surface area contributed by atoms with E-state index >= 15 is 0 Å². The Hall–Kier alpha value is -1.46. The van der Waals surface area contributed by atoms with Gasteiger partial charge in [0, 0.05) is 24.4 Å². The average molecular weight is 300 g/mol. The monoisotopic (exact) mass is 300 g/mol. The molecule has 1 aliphatic carbocycles. The van der Waals surface area contributed by atoms with E-state index in [1.165, 1.54) is 0 Å². The maximum Gasteiger partial charge on any atom is 0.248 e. The zero-order chi connectivity index (χ0) is 15.8. The van der Waals surface area contributed by atoms with Crippen molar-refractivity contribution in [1.82, 2.24) is 10.5 Å². The predicted octanol–water partition coefficient (Wildman–Crippen LogP) is 3.26. The van der Waals surface area contributed by atoms with Crippen molar-refractivity contribution >= 4 is 5.91 Å². The summed E-state index contributed by atoms with van der Waals surface area (Å²) in [4.78, 5) is 12.5. The molecule has 1 aromatic rings. The topological polar surface area (TPSA) is 55.1 Å². The fraction of sp³-hybridized carbons (Fsp3) is 0.733. The highest BCUT2D eigenvalue weighted by Gasteiger charge is 2.39. The molecule has 1 saturated carbocycles. The first-order valence-corrected chi connectivity index (χ1v) is 7.25. The molecule has 0 aliphatic heterocycles. The molecule has 0 aromatic carbocycles. The minimum absolute atomic E-state index is 0.163. The van der Waals surface area contributed by atoms with E-state index in [1.54, 1.807) is 27.7 Å². The predicted molar refractivity (Wildman–Crippen MR) is 74.3 cm³/mol. The van der Waals surface area contributed by atoms with Gasteiger partial charge in [0.1, 0.15) is 5.76 Å². The molecule has 0 unspecified atom stereocenters. The lowest BCUT2D eigenvalue weighted by molar-refractivity contribution is -0.127. The molecular formula is C15H22F2N2O2. The Morgan fingerprint density at radius 1 is 1.33 bits per heavy atom. The maximum absolute atomic E-state index is 13.1. The van der Waals surface area contributed by atoms with E-state index in [0.717, 1.165) is 5.56 Å². The minimum Gasteiger partial charge on any atom is -0.361 e. The summed E-state index contributed by atoms with van der Waals surface area (Å²) in [6, 6.07) is -0.183. The van der Waals surface area contributed by atoms with Crippen LogP contribution in [0.25, 0.3) is 0 Å². The summed E-state index contributed by atoms with van der Waals surface area (Å²) >= 11 is 0. The van der Waals surface area contributed by atoms with Gasteiger partial charge in [-0.3, -0.25) is 4.79 Å². The van der Waals surface area contributed by atoms with Crippen LogP contribution in [0, 0.1) is 13.8 Å². The Labute approximate surface area is 123 Å². The smallest absolute Gasteiger partial charge is 0.248 e. The van der Waals surface area contributed by atoms with Crippen LogP contribution in [-0.2, 0) is 10.2 Å². The second-order valence-corrected chi connectivity index (χ2v) is 6.43. The Kier molecular flexibility index (Phi) is 4.08. The standard InChI is InChI=1S/C15H22F2N2O2/c1-9-12(10(2)21-19-9)14(3,4)13(20)18-11-5-7-15(16,17)8-6-11/h11H,5-8H2,1-4H3,(H,18,20). The summed E-state index contributed by atoms with van der Waals surface area (Å²) in [6.45, 7) is 7.16. The molecule has 1 heterocycles. The Morgan fingerprint density at radius 2 is 1.90 bits per heavy atom. The van der Waals surface area contributed by atoms with E-state index in [2.05, 4.69) is 10.5 Å². The van der Waals surface area contributed by atoms with Crippen LogP contribution in [-0.4, -0.2) is 23.0 Å². The minimum atomic E-state index is -2.58. The summed E-state index contributed by atoms with van der Waals surface area (Å²) in [5.41, 5.74) is 0.651. The van der Waals surface area contributed by atoms with Crippen LogP contribution in [0.2, 0.25) is 0 Å². The molecule has 1 aromatic heterocycles. The molecule has 1 amide bonds. The van der Waals surface area contributed by atoms with Crippen LogP contribution in [0.5, 0.6) is 0 Å². The van der Waals surface area contributed by atoms with Gasteiger partial charge in [0.2, 0.25) is 11.8 Å². The quantitative estimate of drug-likeness (QED) is 0.932. The van der Waals surface area contributed by atoms with Crippen molar-refractivity contribution in [2.24, 2.45) is 0 Å². The van der Waals surface area contributed by atoms with E-state index in [0.29, 0.717) is 24.3 Å². The van der Waals surface area contributed by atoms with Gasteiger partial charge >= 0.3 is 0 Å². The first kappa shape index (κ1) is 15.9. The van der Waals surface area contributed by atoms with Crippen molar-refractivity contribution in [3.8, 4) is 0 Å². The lowest BCUT2D eigenvalue weighted by Gasteiger charge is -2.32. The van der Waals surface area contributed by atoms with Gasteiger partial charge in [-0.25, -0.2) is 8.78 Å². The van der Waals surface area contributed by atoms with Gasteiger partial charge in [-0.05, 0) is 40.5 Å². The second kappa shape index (κ2) is 5.39. The van der Waals surface area contributed by atoms with Crippen molar-refractivity contribution in [3.63, 3.8) is 0 Å². The first-order chi connectivity index (χ1) is 9.63. The van der Waals surface area contributed by atoms with Crippen molar-refractivity contribution in [2.45, 2.75) is 70.8 Å². The molecule has 2 rings (SSSR count). The molecule has 1 N–H and O–H groups in total. The maximum atomic E-state index is 13.1. The van der Waals surface area contributed by atoms with Gasteiger partial charge in [-0.15, -0.1) is 0 Å².